The van der Waals surface area contributed by atoms with E-state index in [1.807, 2.05) is 19.9 Å². The second-order valence-electron chi connectivity index (χ2n) is 4.79. The number of nitrogens with one attached hydrogen (secondary N) is 1. The molecule has 0 unspecified atom stereocenters. The minimum Gasteiger partial charge on any atom is -0.350 e. The zero-order valence-electron chi connectivity index (χ0n) is 10.4. The number of aromatic nitrogens is 2. The highest BCUT2D eigenvalue weighted by molar-refractivity contribution is 5.92. The van der Waals surface area contributed by atoms with Crippen molar-refractivity contribution >= 4 is 5.91 Å². The van der Waals surface area contributed by atoms with E-state index in [2.05, 4.69) is 10.4 Å². The van der Waals surface area contributed by atoms with Crippen LogP contribution in [0.25, 0.3) is 0 Å². The predicted molar refractivity (Wildman–Crippen MR) is 65.7 cm³/mol. The summed E-state index contributed by atoms with van der Waals surface area (Å²) in [5, 5.41) is 7.21. The van der Waals surface area contributed by atoms with Gasteiger partial charge in [-0.1, -0.05) is 0 Å². The molecular weight excluding hydrogens is 216 g/mol. The van der Waals surface area contributed by atoms with E-state index >= 15 is 0 Å². The van der Waals surface area contributed by atoms with Crippen molar-refractivity contribution in [2.75, 3.05) is 6.54 Å². The van der Waals surface area contributed by atoms with Crippen LogP contribution in [0.3, 0.4) is 0 Å². The lowest BCUT2D eigenvalue weighted by atomic mass is 9.81. The number of rotatable bonds is 4. The number of carbonyl (C=O) groups excluding carboxylic acids is 1. The van der Waals surface area contributed by atoms with Crippen LogP contribution in [0.1, 0.15) is 35.9 Å². The Bertz CT molecular complexity index is 407. The van der Waals surface area contributed by atoms with Crippen LogP contribution >= 0.6 is 0 Å². The van der Waals surface area contributed by atoms with Gasteiger partial charge < -0.3 is 11.1 Å². The van der Waals surface area contributed by atoms with Crippen molar-refractivity contribution in [3.63, 3.8) is 0 Å². The largest absolute Gasteiger partial charge is 0.350 e. The summed E-state index contributed by atoms with van der Waals surface area (Å²) in [6, 6.07) is 2.16. The number of carbonyl (C=O) groups is 1. The van der Waals surface area contributed by atoms with Crippen LogP contribution < -0.4 is 11.1 Å². The summed E-state index contributed by atoms with van der Waals surface area (Å²) < 4.78 is 1.73. The third-order valence-corrected chi connectivity index (χ3v) is 3.26. The molecule has 1 fully saturated rings. The minimum atomic E-state index is -0.0343. The van der Waals surface area contributed by atoms with Crippen molar-refractivity contribution in [1.82, 2.24) is 15.1 Å². The first-order valence-electron chi connectivity index (χ1n) is 6.18. The van der Waals surface area contributed by atoms with E-state index in [1.165, 1.54) is 0 Å². The lowest BCUT2D eigenvalue weighted by molar-refractivity contribution is 0.0924. The molecule has 0 bridgehead atoms. The molecule has 3 N–H and O–H groups in total. The van der Waals surface area contributed by atoms with Crippen LogP contribution in [0, 0.1) is 12.8 Å². The normalized spacial score (nSPS) is 23.2. The number of nitrogens with zero attached hydrogens (tertiary/aromatic N) is 2. The van der Waals surface area contributed by atoms with Gasteiger partial charge in [-0.15, -0.1) is 0 Å². The highest BCUT2D eigenvalue weighted by atomic mass is 16.2. The fourth-order valence-electron chi connectivity index (χ4n) is 2.25. The van der Waals surface area contributed by atoms with Gasteiger partial charge in [0.2, 0.25) is 0 Å². The van der Waals surface area contributed by atoms with Crippen LogP contribution in [-0.2, 0) is 6.54 Å². The van der Waals surface area contributed by atoms with Crippen LogP contribution in [0.15, 0.2) is 6.07 Å². The van der Waals surface area contributed by atoms with Crippen LogP contribution in [0.5, 0.6) is 0 Å². The molecule has 1 aliphatic carbocycles. The van der Waals surface area contributed by atoms with Crippen molar-refractivity contribution in [3.8, 4) is 0 Å². The van der Waals surface area contributed by atoms with Crippen molar-refractivity contribution in [3.05, 3.63) is 17.5 Å². The van der Waals surface area contributed by atoms with Crippen LogP contribution in [-0.4, -0.2) is 28.3 Å². The summed E-state index contributed by atoms with van der Waals surface area (Å²) in [6.45, 7) is 5.31. The van der Waals surface area contributed by atoms with Gasteiger partial charge in [0.1, 0.15) is 5.69 Å². The number of nitrogens with two attached hydrogens (primary N) is 1. The Morgan fingerprint density at radius 2 is 2.35 bits per heavy atom. The summed E-state index contributed by atoms with van der Waals surface area (Å²) in [5.41, 5.74) is 7.23. The molecule has 1 aliphatic rings. The molecule has 0 saturated heterocycles. The fourth-order valence-corrected chi connectivity index (χ4v) is 2.25. The first kappa shape index (κ1) is 12.1. The fraction of sp³-hybridized carbons (Fsp3) is 0.667. The highest BCUT2D eigenvalue weighted by Crippen LogP contribution is 2.24. The Morgan fingerprint density at radius 3 is 2.94 bits per heavy atom. The Kier molecular flexibility index (Phi) is 3.47. The second kappa shape index (κ2) is 4.87. The zero-order valence-corrected chi connectivity index (χ0v) is 10.4. The van der Waals surface area contributed by atoms with Gasteiger partial charge in [0.15, 0.2) is 0 Å². The Labute approximate surface area is 101 Å². The van der Waals surface area contributed by atoms with E-state index in [0.717, 1.165) is 25.1 Å². The standard InChI is InChI=1S/C12H20N4O/c1-3-16-11(4-8(2)15-16)12(17)14-7-9-5-10(13)6-9/h4,9-10H,3,5-7,13H2,1-2H3,(H,14,17). The van der Waals surface area contributed by atoms with Crippen LogP contribution in [0.4, 0.5) is 0 Å². The molecule has 1 saturated carbocycles. The van der Waals surface area contributed by atoms with E-state index in [-0.39, 0.29) is 5.91 Å². The molecule has 0 spiro atoms. The quantitative estimate of drug-likeness (QED) is 0.807. The Morgan fingerprint density at radius 1 is 1.65 bits per heavy atom. The summed E-state index contributed by atoms with van der Waals surface area (Å²) >= 11 is 0. The molecule has 94 valence electrons. The molecule has 0 aliphatic heterocycles. The third kappa shape index (κ3) is 2.66. The van der Waals surface area contributed by atoms with E-state index in [4.69, 9.17) is 5.73 Å². The van der Waals surface area contributed by atoms with Gasteiger partial charge in [-0.3, -0.25) is 9.48 Å². The van der Waals surface area contributed by atoms with Crippen molar-refractivity contribution < 1.29 is 4.79 Å². The minimum absolute atomic E-state index is 0.0343. The molecule has 1 aromatic heterocycles. The van der Waals surface area contributed by atoms with Crippen LogP contribution in [0.2, 0.25) is 0 Å². The van der Waals surface area contributed by atoms with Gasteiger partial charge in [0, 0.05) is 19.1 Å². The monoisotopic (exact) mass is 236 g/mol. The Hall–Kier alpha value is -1.36. The first-order valence-corrected chi connectivity index (χ1v) is 6.18. The van der Waals surface area contributed by atoms with E-state index < -0.39 is 0 Å². The number of amides is 1. The van der Waals surface area contributed by atoms with Crippen molar-refractivity contribution in [2.24, 2.45) is 11.7 Å². The smallest absolute Gasteiger partial charge is 0.269 e. The lowest BCUT2D eigenvalue weighted by Crippen LogP contribution is -2.42. The molecule has 0 radical (unpaired) electrons. The maximum Gasteiger partial charge on any atom is 0.269 e. The lowest BCUT2D eigenvalue weighted by Gasteiger charge is -2.32. The number of hydrogen-bond acceptors (Lipinski definition) is 3. The second-order valence-corrected chi connectivity index (χ2v) is 4.79. The Balaban J connectivity index is 1.90. The predicted octanol–water partition coefficient (Wildman–Crippen LogP) is 0.679. The van der Waals surface area contributed by atoms with E-state index in [0.29, 0.717) is 24.2 Å². The van der Waals surface area contributed by atoms with Gasteiger partial charge in [-0.05, 0) is 38.7 Å². The molecule has 5 nitrogen and oxygen atoms in total. The summed E-state index contributed by atoms with van der Waals surface area (Å²) in [7, 11) is 0. The highest BCUT2D eigenvalue weighted by Gasteiger charge is 2.26. The maximum absolute atomic E-state index is 12.0. The van der Waals surface area contributed by atoms with Crippen molar-refractivity contribution in [1.29, 1.82) is 0 Å². The van der Waals surface area contributed by atoms with Crippen molar-refractivity contribution in [2.45, 2.75) is 39.3 Å². The van der Waals surface area contributed by atoms with Gasteiger partial charge >= 0.3 is 0 Å². The molecule has 1 aromatic rings. The molecule has 17 heavy (non-hydrogen) atoms. The topological polar surface area (TPSA) is 72.9 Å². The molecule has 5 heteroatoms. The molecule has 0 aromatic carbocycles. The number of hydrogen-bond donors (Lipinski definition) is 2. The molecule has 2 rings (SSSR count). The van der Waals surface area contributed by atoms with Gasteiger partial charge in [0.05, 0.1) is 5.69 Å². The van der Waals surface area contributed by atoms with E-state index in [1.54, 1.807) is 4.68 Å². The number of aryl methyl sites for hydroxylation is 2. The molecular formula is C12H20N4O. The first-order chi connectivity index (χ1) is 8.10. The molecule has 1 heterocycles. The SMILES string of the molecule is CCn1nc(C)cc1C(=O)NCC1CC(N)C1. The average molecular weight is 236 g/mol. The third-order valence-electron chi connectivity index (χ3n) is 3.26. The zero-order chi connectivity index (χ0) is 12.4. The summed E-state index contributed by atoms with van der Waals surface area (Å²) in [4.78, 5) is 12.0. The summed E-state index contributed by atoms with van der Waals surface area (Å²) in [6.07, 6.45) is 2.04. The van der Waals surface area contributed by atoms with Gasteiger partial charge in [-0.2, -0.15) is 5.10 Å². The molecule has 0 atom stereocenters. The molecule has 1 amide bonds. The maximum atomic E-state index is 12.0. The van der Waals surface area contributed by atoms with Gasteiger partial charge in [0.25, 0.3) is 5.91 Å². The average Bonchev–Trinajstić information content (AvgIpc) is 2.64. The van der Waals surface area contributed by atoms with Gasteiger partial charge in [-0.25, -0.2) is 0 Å². The summed E-state index contributed by atoms with van der Waals surface area (Å²) in [5.74, 6) is 0.515. The van der Waals surface area contributed by atoms with E-state index in [9.17, 15) is 4.79 Å².